The third kappa shape index (κ3) is 15.3. The highest BCUT2D eigenvalue weighted by molar-refractivity contribution is 5.95. The fourth-order valence-electron chi connectivity index (χ4n) is 2.67. The van der Waals surface area contributed by atoms with Gasteiger partial charge < -0.3 is 55.5 Å². The zero-order chi connectivity index (χ0) is 27.0. The van der Waals surface area contributed by atoms with Crippen LogP contribution in [-0.4, -0.2) is 84.4 Å². The lowest BCUT2D eigenvalue weighted by Gasteiger charge is -2.23. The number of guanidine groups is 2. The Balaban J connectivity index is 5.33. The molecule has 35 heavy (non-hydrogen) atoms. The van der Waals surface area contributed by atoms with E-state index in [1.807, 2.05) is 5.32 Å². The van der Waals surface area contributed by atoms with Crippen molar-refractivity contribution in [2.45, 2.75) is 50.2 Å². The van der Waals surface area contributed by atoms with Crippen molar-refractivity contribution in [3.8, 4) is 0 Å². The summed E-state index contributed by atoms with van der Waals surface area (Å²) in [7, 11) is 0. The molecule has 0 saturated carbocycles. The normalized spacial score (nSPS) is 12.8. The molecule has 17 nitrogen and oxygen atoms in total. The van der Waals surface area contributed by atoms with E-state index in [1.54, 1.807) is 0 Å². The summed E-state index contributed by atoms with van der Waals surface area (Å²) in [5.74, 6) is -4.93. The van der Waals surface area contributed by atoms with E-state index < -0.39 is 60.7 Å². The number of nitrogens with zero attached hydrogens (tertiary/aromatic N) is 2. The number of hydrogen-bond donors (Lipinski definition) is 10. The summed E-state index contributed by atoms with van der Waals surface area (Å²) in [6.45, 7) is -0.334. The first kappa shape index (κ1) is 30.8. The SMILES string of the molecule is NC(=O)CC(NC(=O)C(CCCN=C(N)N)NC(=O)C(N)CCCN=C(N)N)C(=O)NCC(=O)O. The molecule has 0 heterocycles. The highest BCUT2D eigenvalue weighted by Crippen LogP contribution is 2.04. The maximum absolute atomic E-state index is 12.9. The molecule has 0 fully saturated rings. The maximum Gasteiger partial charge on any atom is 0.322 e. The average Bonchev–Trinajstić information content (AvgIpc) is 2.75. The molecule has 0 aliphatic carbocycles. The van der Waals surface area contributed by atoms with E-state index in [1.165, 1.54) is 0 Å². The standard InChI is InChI=1S/C18H35N11O6/c19-9(3-1-5-25-17(21)22)14(33)28-10(4-2-6-26-18(23)24)16(35)29-11(7-12(20)30)15(34)27-8-13(31)32/h9-11H,1-8,19H2,(H2,20,30)(H,27,34)(H,28,33)(H,29,35)(H,31,32)(H4,21,22,25)(H4,23,24,26). The number of carbonyl (C=O) groups is 5. The quantitative estimate of drug-likeness (QED) is 0.0508. The van der Waals surface area contributed by atoms with Crippen molar-refractivity contribution >= 4 is 41.5 Å². The number of amides is 4. The Morgan fingerprint density at radius 1 is 0.743 bits per heavy atom. The molecule has 0 rings (SSSR count). The number of carboxylic acid groups (broad SMARTS) is 1. The van der Waals surface area contributed by atoms with Crippen LogP contribution < -0.4 is 50.4 Å². The van der Waals surface area contributed by atoms with Gasteiger partial charge in [0.25, 0.3) is 0 Å². The van der Waals surface area contributed by atoms with Crippen molar-refractivity contribution in [2.24, 2.45) is 44.4 Å². The fourth-order valence-corrected chi connectivity index (χ4v) is 2.67. The van der Waals surface area contributed by atoms with Crippen molar-refractivity contribution in [2.75, 3.05) is 19.6 Å². The van der Waals surface area contributed by atoms with E-state index in [-0.39, 0.29) is 44.3 Å². The molecule has 3 atom stereocenters. The number of nitrogens with two attached hydrogens (primary N) is 6. The first-order valence-electron chi connectivity index (χ1n) is 10.6. The van der Waals surface area contributed by atoms with E-state index in [0.717, 1.165) is 0 Å². The topological polar surface area (TPSA) is 323 Å². The molecule has 0 saturated heterocycles. The molecule has 17 heteroatoms. The number of rotatable bonds is 17. The average molecular weight is 502 g/mol. The van der Waals surface area contributed by atoms with Gasteiger partial charge >= 0.3 is 5.97 Å². The second-order valence-corrected chi connectivity index (χ2v) is 7.41. The Morgan fingerprint density at radius 2 is 1.26 bits per heavy atom. The minimum atomic E-state index is -1.47. The Morgan fingerprint density at radius 3 is 1.74 bits per heavy atom. The summed E-state index contributed by atoms with van der Waals surface area (Å²) in [6, 6.07) is -3.63. The zero-order valence-electron chi connectivity index (χ0n) is 19.2. The van der Waals surface area contributed by atoms with E-state index in [0.29, 0.717) is 6.42 Å². The zero-order valence-corrected chi connectivity index (χ0v) is 19.2. The molecule has 0 aromatic rings. The summed E-state index contributed by atoms with van der Waals surface area (Å²) in [4.78, 5) is 67.2. The van der Waals surface area contributed by atoms with Crippen LogP contribution in [0.1, 0.15) is 32.1 Å². The smallest absolute Gasteiger partial charge is 0.322 e. The van der Waals surface area contributed by atoms with Gasteiger partial charge in [0.1, 0.15) is 18.6 Å². The molecule has 0 aliphatic heterocycles. The molecule has 3 unspecified atom stereocenters. The third-order valence-corrected chi connectivity index (χ3v) is 4.33. The maximum atomic E-state index is 12.9. The second kappa shape index (κ2) is 16.5. The first-order chi connectivity index (χ1) is 16.3. The molecule has 0 aromatic carbocycles. The Labute approximate surface area is 201 Å². The predicted octanol–water partition coefficient (Wildman–Crippen LogP) is -5.53. The summed E-state index contributed by atoms with van der Waals surface area (Å²) in [6.07, 6.45) is 0.331. The van der Waals surface area contributed by atoms with Crippen molar-refractivity contribution in [3.63, 3.8) is 0 Å². The van der Waals surface area contributed by atoms with Crippen molar-refractivity contribution in [1.29, 1.82) is 0 Å². The molecule has 0 spiro atoms. The lowest BCUT2D eigenvalue weighted by Crippen LogP contribution is -2.56. The highest BCUT2D eigenvalue weighted by atomic mass is 16.4. The minimum absolute atomic E-state index is 0.0507. The number of aliphatic imine (C=N–C) groups is 2. The number of hydrogen-bond acceptors (Lipinski definition) is 8. The van der Waals surface area contributed by atoms with Gasteiger partial charge in [0.15, 0.2) is 11.9 Å². The van der Waals surface area contributed by atoms with E-state index in [9.17, 15) is 24.0 Å². The van der Waals surface area contributed by atoms with Gasteiger partial charge in [-0.1, -0.05) is 0 Å². The predicted molar refractivity (Wildman–Crippen MR) is 126 cm³/mol. The minimum Gasteiger partial charge on any atom is -0.480 e. The van der Waals surface area contributed by atoms with Gasteiger partial charge in [0.2, 0.25) is 23.6 Å². The van der Waals surface area contributed by atoms with E-state index >= 15 is 0 Å². The lowest BCUT2D eigenvalue weighted by atomic mass is 10.1. The van der Waals surface area contributed by atoms with Crippen LogP contribution in [0.3, 0.4) is 0 Å². The van der Waals surface area contributed by atoms with Gasteiger partial charge in [-0.15, -0.1) is 0 Å². The summed E-state index contributed by atoms with van der Waals surface area (Å²) in [5, 5.41) is 15.5. The van der Waals surface area contributed by atoms with Crippen LogP contribution in [0.25, 0.3) is 0 Å². The van der Waals surface area contributed by atoms with Gasteiger partial charge in [-0.25, -0.2) is 0 Å². The Bertz CT molecular complexity index is 809. The third-order valence-electron chi connectivity index (χ3n) is 4.33. The van der Waals surface area contributed by atoms with Crippen LogP contribution in [0.2, 0.25) is 0 Å². The Hall–Kier alpha value is -4.15. The summed E-state index contributed by atoms with van der Waals surface area (Å²) in [5.41, 5.74) is 32.0. The molecule has 198 valence electrons. The second-order valence-electron chi connectivity index (χ2n) is 7.41. The molecular weight excluding hydrogens is 466 g/mol. The summed E-state index contributed by atoms with van der Waals surface area (Å²) < 4.78 is 0. The monoisotopic (exact) mass is 501 g/mol. The van der Waals surface area contributed by atoms with Crippen LogP contribution >= 0.6 is 0 Å². The van der Waals surface area contributed by atoms with Crippen molar-refractivity contribution in [1.82, 2.24) is 16.0 Å². The van der Waals surface area contributed by atoms with Gasteiger partial charge in [-0.05, 0) is 25.7 Å². The van der Waals surface area contributed by atoms with Crippen molar-refractivity contribution < 1.29 is 29.1 Å². The first-order valence-corrected chi connectivity index (χ1v) is 10.6. The van der Waals surface area contributed by atoms with Crippen LogP contribution in [0.5, 0.6) is 0 Å². The van der Waals surface area contributed by atoms with Gasteiger partial charge in [0.05, 0.1) is 12.5 Å². The van der Waals surface area contributed by atoms with Crippen LogP contribution in [0.15, 0.2) is 9.98 Å². The lowest BCUT2D eigenvalue weighted by molar-refractivity contribution is -0.138. The number of primary amides is 1. The van der Waals surface area contributed by atoms with Gasteiger partial charge in [0, 0.05) is 13.1 Å². The van der Waals surface area contributed by atoms with E-state index in [4.69, 9.17) is 39.5 Å². The molecule has 16 N–H and O–H groups in total. The molecule has 0 radical (unpaired) electrons. The van der Waals surface area contributed by atoms with Crippen molar-refractivity contribution in [3.05, 3.63) is 0 Å². The largest absolute Gasteiger partial charge is 0.480 e. The van der Waals surface area contributed by atoms with Crippen LogP contribution in [0, 0.1) is 0 Å². The molecule has 0 aromatic heterocycles. The van der Waals surface area contributed by atoms with E-state index in [2.05, 4.69) is 20.6 Å². The molecule has 4 amide bonds. The number of carbonyl (C=O) groups excluding carboxylic acids is 4. The molecule has 0 bridgehead atoms. The van der Waals surface area contributed by atoms with Crippen LogP contribution in [0.4, 0.5) is 0 Å². The Kier molecular flexibility index (Phi) is 14.5. The fraction of sp³-hybridized carbons (Fsp3) is 0.611. The number of aliphatic carboxylic acids is 1. The number of nitrogens with one attached hydrogen (secondary N) is 3. The molecule has 0 aliphatic rings. The van der Waals surface area contributed by atoms with Gasteiger partial charge in [-0.3, -0.25) is 34.0 Å². The number of carboxylic acids is 1. The summed E-state index contributed by atoms with van der Waals surface area (Å²) >= 11 is 0. The highest BCUT2D eigenvalue weighted by Gasteiger charge is 2.29. The molecular formula is C18H35N11O6. The van der Waals surface area contributed by atoms with Crippen LogP contribution in [-0.2, 0) is 24.0 Å². The van der Waals surface area contributed by atoms with Gasteiger partial charge in [-0.2, -0.15) is 0 Å².